The van der Waals surface area contributed by atoms with Gasteiger partial charge in [-0.25, -0.2) is 4.39 Å². The lowest BCUT2D eigenvalue weighted by molar-refractivity contribution is -0.132. The van der Waals surface area contributed by atoms with Gasteiger partial charge in [0.05, 0.1) is 0 Å². The van der Waals surface area contributed by atoms with Gasteiger partial charge in [0, 0.05) is 35.5 Å². The van der Waals surface area contributed by atoms with Gasteiger partial charge in [0.1, 0.15) is 5.82 Å². The number of amides is 1. The van der Waals surface area contributed by atoms with Crippen molar-refractivity contribution in [2.45, 2.75) is 25.2 Å². The second-order valence-electron chi connectivity index (χ2n) is 7.17. The molecule has 3 aliphatic rings. The van der Waals surface area contributed by atoms with Crippen LogP contribution >= 0.6 is 11.6 Å². The summed E-state index contributed by atoms with van der Waals surface area (Å²) in [7, 11) is 0. The summed E-state index contributed by atoms with van der Waals surface area (Å²) < 4.78 is 14.0. The maximum atomic E-state index is 14.0. The van der Waals surface area contributed by atoms with Crippen LogP contribution in [-0.2, 0) is 4.79 Å². The SMILES string of the molecule is O=C(C1CC1c1c(F)cccc1Cl)N1CC[C@@H]2CNC[C@@H]2CC1. The average molecular weight is 337 g/mol. The van der Waals surface area contributed by atoms with E-state index in [2.05, 4.69) is 5.32 Å². The molecular weight excluding hydrogens is 315 g/mol. The molecule has 5 heteroatoms. The molecule has 0 aromatic heterocycles. The molecule has 1 aromatic carbocycles. The Morgan fingerprint density at radius 1 is 1.22 bits per heavy atom. The number of nitrogens with zero attached hydrogens (tertiary/aromatic N) is 1. The molecule has 1 saturated carbocycles. The van der Waals surface area contributed by atoms with Gasteiger partial charge in [-0.15, -0.1) is 0 Å². The Morgan fingerprint density at radius 2 is 1.91 bits per heavy atom. The van der Waals surface area contributed by atoms with Crippen molar-refractivity contribution in [3.8, 4) is 0 Å². The molecule has 3 nitrogen and oxygen atoms in total. The van der Waals surface area contributed by atoms with Crippen LogP contribution in [0.1, 0.15) is 30.7 Å². The van der Waals surface area contributed by atoms with Crippen LogP contribution in [0.3, 0.4) is 0 Å². The Bertz CT molecular complexity index is 589. The zero-order chi connectivity index (χ0) is 16.0. The van der Waals surface area contributed by atoms with E-state index in [-0.39, 0.29) is 23.6 Å². The number of nitrogens with one attached hydrogen (secondary N) is 1. The minimum atomic E-state index is -0.283. The molecule has 1 aromatic rings. The molecule has 2 aliphatic heterocycles. The van der Waals surface area contributed by atoms with E-state index in [1.54, 1.807) is 12.1 Å². The van der Waals surface area contributed by atoms with E-state index in [9.17, 15) is 9.18 Å². The van der Waals surface area contributed by atoms with Crippen LogP contribution in [0.5, 0.6) is 0 Å². The van der Waals surface area contributed by atoms with Gasteiger partial charge >= 0.3 is 0 Å². The van der Waals surface area contributed by atoms with E-state index in [0.29, 0.717) is 22.4 Å². The highest BCUT2D eigenvalue weighted by molar-refractivity contribution is 6.31. The molecule has 0 bridgehead atoms. The first-order valence-electron chi connectivity index (χ1n) is 8.58. The maximum Gasteiger partial charge on any atom is 0.226 e. The first-order valence-corrected chi connectivity index (χ1v) is 8.96. The fourth-order valence-corrected chi connectivity index (χ4v) is 4.63. The molecule has 4 rings (SSSR count). The second-order valence-corrected chi connectivity index (χ2v) is 7.57. The fourth-order valence-electron chi connectivity index (χ4n) is 4.32. The van der Waals surface area contributed by atoms with Gasteiger partial charge in [0.25, 0.3) is 0 Å². The van der Waals surface area contributed by atoms with E-state index in [0.717, 1.165) is 45.4 Å². The lowest BCUT2D eigenvalue weighted by Gasteiger charge is -2.21. The third kappa shape index (κ3) is 2.87. The summed E-state index contributed by atoms with van der Waals surface area (Å²) in [4.78, 5) is 14.8. The summed E-state index contributed by atoms with van der Waals surface area (Å²) in [6.07, 6.45) is 2.90. The molecule has 0 spiro atoms. The molecule has 1 amide bonds. The smallest absolute Gasteiger partial charge is 0.226 e. The minimum Gasteiger partial charge on any atom is -0.342 e. The number of hydrogen-bond donors (Lipinski definition) is 1. The predicted octanol–water partition coefficient (Wildman–Crippen LogP) is 3.04. The first-order chi connectivity index (χ1) is 11.1. The minimum absolute atomic E-state index is 0.0411. The molecule has 2 unspecified atom stereocenters. The summed E-state index contributed by atoms with van der Waals surface area (Å²) in [5, 5.41) is 3.90. The van der Waals surface area contributed by atoms with E-state index >= 15 is 0 Å². The third-order valence-corrected chi connectivity index (χ3v) is 6.14. The summed E-state index contributed by atoms with van der Waals surface area (Å²) in [5.74, 6) is 1.21. The summed E-state index contributed by atoms with van der Waals surface area (Å²) in [6.45, 7) is 3.86. The molecule has 124 valence electrons. The largest absolute Gasteiger partial charge is 0.342 e. The topological polar surface area (TPSA) is 32.3 Å². The molecule has 1 N–H and O–H groups in total. The van der Waals surface area contributed by atoms with E-state index in [4.69, 9.17) is 11.6 Å². The van der Waals surface area contributed by atoms with Gasteiger partial charge in [0.15, 0.2) is 0 Å². The van der Waals surface area contributed by atoms with Crippen molar-refractivity contribution >= 4 is 17.5 Å². The van der Waals surface area contributed by atoms with Gasteiger partial charge in [0.2, 0.25) is 5.91 Å². The van der Waals surface area contributed by atoms with Gasteiger partial charge < -0.3 is 10.2 Å². The van der Waals surface area contributed by atoms with Crippen LogP contribution in [0.4, 0.5) is 4.39 Å². The van der Waals surface area contributed by atoms with Crippen LogP contribution < -0.4 is 5.32 Å². The lowest BCUT2D eigenvalue weighted by Crippen LogP contribution is -2.34. The molecular formula is C18H22ClFN2O. The quantitative estimate of drug-likeness (QED) is 0.900. The van der Waals surface area contributed by atoms with Gasteiger partial charge in [-0.1, -0.05) is 17.7 Å². The van der Waals surface area contributed by atoms with Gasteiger partial charge in [-0.05, 0) is 56.3 Å². The molecule has 4 atom stereocenters. The highest BCUT2D eigenvalue weighted by Gasteiger charge is 2.48. The lowest BCUT2D eigenvalue weighted by atomic mass is 9.92. The molecule has 1 aliphatic carbocycles. The van der Waals surface area contributed by atoms with Crippen LogP contribution in [0, 0.1) is 23.6 Å². The normalized spacial score (nSPS) is 33.2. The van der Waals surface area contributed by atoms with Crippen molar-refractivity contribution in [2.24, 2.45) is 17.8 Å². The van der Waals surface area contributed by atoms with Crippen molar-refractivity contribution in [3.63, 3.8) is 0 Å². The van der Waals surface area contributed by atoms with Crippen LogP contribution in [0.2, 0.25) is 5.02 Å². The first kappa shape index (κ1) is 15.4. The highest BCUT2D eigenvalue weighted by Crippen LogP contribution is 2.51. The number of likely N-dealkylation sites (tertiary alicyclic amines) is 1. The Labute approximate surface area is 141 Å². The summed E-state index contributed by atoms with van der Waals surface area (Å²) in [6, 6.07) is 4.75. The van der Waals surface area contributed by atoms with E-state index in [1.165, 1.54) is 6.07 Å². The summed E-state index contributed by atoms with van der Waals surface area (Å²) in [5.41, 5.74) is 0.531. The Hall–Kier alpha value is -1.13. The molecule has 23 heavy (non-hydrogen) atoms. The maximum absolute atomic E-state index is 14.0. The van der Waals surface area contributed by atoms with Crippen molar-refractivity contribution in [3.05, 3.63) is 34.6 Å². The molecule has 0 radical (unpaired) electrons. The van der Waals surface area contributed by atoms with Gasteiger partial charge in [-0.2, -0.15) is 0 Å². The summed E-state index contributed by atoms with van der Waals surface area (Å²) >= 11 is 6.14. The number of carbonyl (C=O) groups excluding carboxylic acids is 1. The van der Waals surface area contributed by atoms with Crippen LogP contribution in [0.15, 0.2) is 18.2 Å². The number of benzene rings is 1. The number of rotatable bonds is 2. The molecule has 3 fully saturated rings. The second kappa shape index (κ2) is 6.06. The van der Waals surface area contributed by atoms with Crippen molar-refractivity contribution in [1.82, 2.24) is 10.2 Å². The van der Waals surface area contributed by atoms with Crippen LogP contribution in [-0.4, -0.2) is 37.0 Å². The van der Waals surface area contributed by atoms with Crippen molar-refractivity contribution < 1.29 is 9.18 Å². The Morgan fingerprint density at radius 3 is 2.57 bits per heavy atom. The zero-order valence-electron chi connectivity index (χ0n) is 13.1. The predicted molar refractivity (Wildman–Crippen MR) is 87.9 cm³/mol. The number of hydrogen-bond acceptors (Lipinski definition) is 2. The number of carbonyl (C=O) groups is 1. The fraction of sp³-hybridized carbons (Fsp3) is 0.611. The molecule has 2 heterocycles. The van der Waals surface area contributed by atoms with Gasteiger partial charge in [-0.3, -0.25) is 4.79 Å². The average Bonchev–Trinajstić information content (AvgIpc) is 3.23. The third-order valence-electron chi connectivity index (χ3n) is 5.81. The van der Waals surface area contributed by atoms with Crippen molar-refractivity contribution in [1.29, 1.82) is 0 Å². The standard InChI is InChI=1S/C18H22ClFN2O/c19-15-2-1-3-16(20)17(15)13-8-14(13)18(23)22-6-4-11-9-21-10-12(11)5-7-22/h1-3,11-14,21H,4-10H2/t11-,12+,13?,14?. The van der Waals surface area contributed by atoms with E-state index < -0.39 is 0 Å². The monoisotopic (exact) mass is 336 g/mol. The van der Waals surface area contributed by atoms with Crippen LogP contribution in [0.25, 0.3) is 0 Å². The number of fused-ring (bicyclic) bond motifs is 1. The zero-order valence-corrected chi connectivity index (χ0v) is 13.9. The Kier molecular flexibility index (Phi) is 4.06. The van der Waals surface area contributed by atoms with E-state index in [1.807, 2.05) is 4.90 Å². The number of halogens is 2. The molecule has 2 saturated heterocycles. The highest BCUT2D eigenvalue weighted by atomic mass is 35.5. The Balaban J connectivity index is 1.43. The van der Waals surface area contributed by atoms with Crippen molar-refractivity contribution in [2.75, 3.05) is 26.2 Å².